The zero-order chi connectivity index (χ0) is 13.0. The molecule has 0 fully saturated rings. The second-order valence-electron chi connectivity index (χ2n) is 3.82. The molecule has 0 heterocycles. The van der Waals surface area contributed by atoms with Crippen molar-refractivity contribution < 1.29 is 9.90 Å². The smallest absolute Gasteiger partial charge is 0.350 e. The van der Waals surface area contributed by atoms with Gasteiger partial charge < -0.3 is 10.4 Å². The minimum absolute atomic E-state index is 0.489. The van der Waals surface area contributed by atoms with Gasteiger partial charge in [-0.3, -0.25) is 0 Å². The summed E-state index contributed by atoms with van der Waals surface area (Å²) in [4.78, 5) is 9.77. The van der Waals surface area contributed by atoms with Crippen molar-refractivity contribution in [3.8, 4) is 0 Å². The van der Waals surface area contributed by atoms with Crippen molar-refractivity contribution >= 4 is 23.3 Å². The summed E-state index contributed by atoms with van der Waals surface area (Å²) in [7, 11) is 0. The number of carboxylic acid groups (broad SMARTS) is 1. The molecule has 2 N–H and O–H groups in total. The van der Waals surface area contributed by atoms with Crippen molar-refractivity contribution in [1.29, 1.82) is 0 Å². The molecule has 0 aliphatic heterocycles. The van der Waals surface area contributed by atoms with Crippen LogP contribution in [0.15, 0.2) is 60.7 Å². The number of carbonyl (C=O) groups is 1. The summed E-state index contributed by atoms with van der Waals surface area (Å²) in [6.45, 7) is 0. The summed E-state index contributed by atoms with van der Waals surface area (Å²) < 4.78 is 0. The average Bonchev–Trinajstić information content (AvgIpc) is 2.40. The Morgan fingerprint density at radius 3 is 2.00 bits per heavy atom. The quantitative estimate of drug-likeness (QED) is 0.656. The maximum Gasteiger partial charge on any atom is 0.350 e. The SMILES string of the molecule is O=C(O)C(Cl)(Nc1ccccc1)c1ccccc1. The number of para-hydroxylation sites is 1. The number of alkyl halides is 1. The third-order valence-corrected chi connectivity index (χ3v) is 3.03. The molecule has 0 amide bonds. The van der Waals surface area contributed by atoms with Crippen LogP contribution in [0.25, 0.3) is 0 Å². The molecule has 1 unspecified atom stereocenters. The molecular formula is C14H12ClNO2. The molecule has 2 aromatic carbocycles. The predicted octanol–water partition coefficient (Wildman–Crippen LogP) is 3.27. The van der Waals surface area contributed by atoms with Crippen LogP contribution < -0.4 is 5.32 Å². The molecule has 2 aromatic rings. The van der Waals surface area contributed by atoms with E-state index in [4.69, 9.17) is 11.6 Å². The van der Waals surface area contributed by atoms with Crippen molar-refractivity contribution in [1.82, 2.24) is 0 Å². The summed E-state index contributed by atoms with van der Waals surface area (Å²) in [5, 5.41) is 12.2. The zero-order valence-electron chi connectivity index (χ0n) is 9.51. The lowest BCUT2D eigenvalue weighted by atomic mass is 10.1. The van der Waals surface area contributed by atoms with E-state index in [1.54, 1.807) is 36.4 Å². The lowest BCUT2D eigenvalue weighted by molar-refractivity contribution is -0.139. The number of nitrogens with one attached hydrogen (secondary N) is 1. The van der Waals surface area contributed by atoms with Gasteiger partial charge in [-0.15, -0.1) is 0 Å². The summed E-state index contributed by atoms with van der Waals surface area (Å²) in [5.41, 5.74) is 1.14. The van der Waals surface area contributed by atoms with E-state index < -0.39 is 11.0 Å². The van der Waals surface area contributed by atoms with Gasteiger partial charge in [-0.05, 0) is 12.1 Å². The van der Waals surface area contributed by atoms with Gasteiger partial charge in [0, 0.05) is 11.3 Å². The molecule has 0 spiro atoms. The van der Waals surface area contributed by atoms with Crippen molar-refractivity contribution in [2.24, 2.45) is 0 Å². The van der Waals surface area contributed by atoms with E-state index >= 15 is 0 Å². The number of benzene rings is 2. The summed E-state index contributed by atoms with van der Waals surface area (Å²) >= 11 is 6.22. The van der Waals surface area contributed by atoms with Crippen molar-refractivity contribution in [3.63, 3.8) is 0 Å². The fourth-order valence-electron chi connectivity index (χ4n) is 1.64. The highest BCUT2D eigenvalue weighted by Gasteiger charge is 2.38. The molecule has 4 heteroatoms. The van der Waals surface area contributed by atoms with Crippen LogP contribution in [-0.4, -0.2) is 11.1 Å². The highest BCUT2D eigenvalue weighted by Crippen LogP contribution is 2.30. The number of anilines is 1. The molecule has 0 aliphatic rings. The summed E-state index contributed by atoms with van der Waals surface area (Å²) in [6.07, 6.45) is 0. The van der Waals surface area contributed by atoms with E-state index in [9.17, 15) is 9.90 Å². The van der Waals surface area contributed by atoms with E-state index in [2.05, 4.69) is 5.32 Å². The Balaban J connectivity index is 2.37. The molecule has 0 aromatic heterocycles. The monoisotopic (exact) mass is 261 g/mol. The van der Waals surface area contributed by atoms with Crippen molar-refractivity contribution in [2.75, 3.05) is 5.32 Å². The Morgan fingerprint density at radius 2 is 1.50 bits per heavy atom. The molecule has 92 valence electrons. The molecule has 0 bridgehead atoms. The maximum atomic E-state index is 11.4. The topological polar surface area (TPSA) is 49.3 Å². The van der Waals surface area contributed by atoms with Crippen LogP contribution in [0.3, 0.4) is 0 Å². The number of aliphatic carboxylic acids is 1. The van der Waals surface area contributed by atoms with Gasteiger partial charge in [0.15, 0.2) is 0 Å². The number of hydrogen-bond donors (Lipinski definition) is 2. The first-order valence-corrected chi connectivity index (χ1v) is 5.82. The molecule has 0 saturated heterocycles. The molecule has 3 nitrogen and oxygen atoms in total. The maximum absolute atomic E-state index is 11.4. The number of rotatable bonds is 4. The van der Waals surface area contributed by atoms with Crippen LogP contribution in [0.1, 0.15) is 5.56 Å². The molecule has 18 heavy (non-hydrogen) atoms. The molecule has 0 aliphatic carbocycles. The fourth-order valence-corrected chi connectivity index (χ4v) is 1.87. The van der Waals surface area contributed by atoms with Crippen LogP contribution in [0.5, 0.6) is 0 Å². The normalized spacial score (nSPS) is 13.6. The lowest BCUT2D eigenvalue weighted by Crippen LogP contribution is -2.37. The Hall–Kier alpha value is -2.00. The molecule has 0 radical (unpaired) electrons. The van der Waals surface area contributed by atoms with Gasteiger partial charge >= 0.3 is 5.97 Å². The van der Waals surface area contributed by atoms with Gasteiger partial charge in [0.1, 0.15) is 0 Å². The Morgan fingerprint density at radius 1 is 1.00 bits per heavy atom. The largest absolute Gasteiger partial charge is 0.478 e. The van der Waals surface area contributed by atoms with Gasteiger partial charge in [-0.2, -0.15) is 0 Å². The lowest BCUT2D eigenvalue weighted by Gasteiger charge is -2.25. The van der Waals surface area contributed by atoms with E-state index in [1.165, 1.54) is 0 Å². The van der Waals surface area contributed by atoms with E-state index in [-0.39, 0.29) is 0 Å². The first-order valence-electron chi connectivity index (χ1n) is 5.44. The predicted molar refractivity (Wildman–Crippen MR) is 71.7 cm³/mol. The van der Waals surface area contributed by atoms with Gasteiger partial charge in [-0.1, -0.05) is 60.1 Å². The van der Waals surface area contributed by atoms with E-state index in [0.717, 1.165) is 0 Å². The standard InChI is InChI=1S/C14H12ClNO2/c15-14(13(17)18,11-7-3-1-4-8-11)16-12-9-5-2-6-10-12/h1-10,16H,(H,17,18). The molecule has 0 saturated carbocycles. The second-order valence-corrected chi connectivity index (χ2v) is 4.39. The highest BCUT2D eigenvalue weighted by atomic mass is 35.5. The summed E-state index contributed by atoms with van der Waals surface area (Å²) in [6, 6.07) is 17.7. The summed E-state index contributed by atoms with van der Waals surface area (Å²) in [5.74, 6) is -1.14. The fraction of sp³-hybridized carbons (Fsp3) is 0.0714. The number of carboxylic acids is 1. The van der Waals surface area contributed by atoms with Crippen LogP contribution in [0.2, 0.25) is 0 Å². The third kappa shape index (κ3) is 2.46. The molecular weight excluding hydrogens is 250 g/mol. The average molecular weight is 262 g/mol. The van der Waals surface area contributed by atoms with Crippen molar-refractivity contribution in [3.05, 3.63) is 66.2 Å². The minimum atomic E-state index is -1.66. The van der Waals surface area contributed by atoms with Crippen molar-refractivity contribution in [2.45, 2.75) is 5.00 Å². The second kappa shape index (κ2) is 5.10. The van der Waals surface area contributed by atoms with Gasteiger partial charge in [-0.25, -0.2) is 4.79 Å². The van der Waals surface area contributed by atoms with E-state index in [0.29, 0.717) is 11.3 Å². The Labute approximate surface area is 110 Å². The van der Waals surface area contributed by atoms with Gasteiger partial charge in [0.2, 0.25) is 5.00 Å². The minimum Gasteiger partial charge on any atom is -0.478 e. The Bertz CT molecular complexity index is 530. The van der Waals surface area contributed by atoms with Gasteiger partial charge in [0.05, 0.1) is 0 Å². The van der Waals surface area contributed by atoms with Crippen LogP contribution in [0, 0.1) is 0 Å². The number of hydrogen-bond acceptors (Lipinski definition) is 2. The van der Waals surface area contributed by atoms with Crippen LogP contribution >= 0.6 is 11.6 Å². The first-order chi connectivity index (χ1) is 8.63. The molecule has 2 rings (SSSR count). The third-order valence-electron chi connectivity index (χ3n) is 2.56. The highest BCUT2D eigenvalue weighted by molar-refractivity contribution is 6.34. The van der Waals surface area contributed by atoms with E-state index in [1.807, 2.05) is 24.3 Å². The zero-order valence-corrected chi connectivity index (χ0v) is 10.3. The molecule has 1 atom stereocenters. The number of halogens is 1. The van der Waals surface area contributed by atoms with Crippen LogP contribution in [-0.2, 0) is 9.79 Å². The van der Waals surface area contributed by atoms with Gasteiger partial charge in [0.25, 0.3) is 0 Å². The van der Waals surface area contributed by atoms with Crippen LogP contribution in [0.4, 0.5) is 5.69 Å². The Kier molecular flexibility index (Phi) is 3.53. The first kappa shape index (κ1) is 12.5.